The summed E-state index contributed by atoms with van der Waals surface area (Å²) in [4.78, 5) is 10.8. The molecule has 2 nitrogen and oxygen atoms in total. The van der Waals surface area contributed by atoms with E-state index < -0.39 is 24.4 Å². The van der Waals surface area contributed by atoms with Crippen LogP contribution in [0.1, 0.15) is 26.7 Å². The summed E-state index contributed by atoms with van der Waals surface area (Å²) in [7, 11) is 0. The molecule has 0 radical (unpaired) electrons. The number of carbonyl (C=O) groups excluding carboxylic acids is 1. The fourth-order valence-electron chi connectivity index (χ4n) is 0.806. The van der Waals surface area contributed by atoms with Gasteiger partial charge in [0.1, 0.15) is 0 Å². The Morgan fingerprint density at radius 1 is 1.33 bits per heavy atom. The Bertz CT molecular complexity index is 259. The minimum absolute atomic E-state index is 0.0977. The van der Waals surface area contributed by atoms with Crippen molar-refractivity contribution in [3.63, 3.8) is 0 Å². The van der Waals surface area contributed by atoms with Gasteiger partial charge in [0.05, 0.1) is 0 Å². The molecule has 0 aliphatic rings. The quantitative estimate of drug-likeness (QED) is 0.419. The van der Waals surface area contributed by atoms with Crippen LogP contribution in [0.15, 0.2) is 12.2 Å². The van der Waals surface area contributed by atoms with Crippen LogP contribution in [0.5, 0.6) is 0 Å². The molecule has 0 amide bonds. The van der Waals surface area contributed by atoms with Gasteiger partial charge in [-0.1, -0.05) is 13.5 Å². The van der Waals surface area contributed by atoms with Crippen LogP contribution >= 0.6 is 0 Å². The Kier molecular flexibility index (Phi) is 4.30. The van der Waals surface area contributed by atoms with Crippen LogP contribution in [-0.4, -0.2) is 18.0 Å². The van der Waals surface area contributed by atoms with Crippen LogP contribution in [0.3, 0.4) is 0 Å². The van der Waals surface area contributed by atoms with E-state index in [1.807, 2.05) is 0 Å². The minimum Gasteiger partial charge on any atom is -0.416 e. The van der Waals surface area contributed by atoms with Crippen molar-refractivity contribution in [3.05, 3.63) is 12.2 Å². The summed E-state index contributed by atoms with van der Waals surface area (Å²) < 4.78 is 53.8. The highest BCUT2D eigenvalue weighted by Crippen LogP contribution is 2.39. The van der Waals surface area contributed by atoms with Crippen LogP contribution in [0.25, 0.3) is 0 Å². The third-order valence-corrected chi connectivity index (χ3v) is 1.60. The summed E-state index contributed by atoms with van der Waals surface area (Å²) in [5.41, 5.74) is -0.280. The van der Waals surface area contributed by atoms with Crippen LogP contribution in [-0.2, 0) is 9.53 Å². The first kappa shape index (κ1) is 13.9. The number of hydrogen-bond donors (Lipinski definition) is 0. The molecule has 0 N–H and O–H groups in total. The second-order valence-electron chi connectivity index (χ2n) is 3.15. The molecule has 0 saturated heterocycles. The molecule has 0 rings (SSSR count). The second kappa shape index (κ2) is 4.63. The van der Waals surface area contributed by atoms with E-state index in [1.54, 1.807) is 0 Å². The number of hydrogen-bond acceptors (Lipinski definition) is 2. The Balaban J connectivity index is 4.82. The normalized spacial score (nSPS) is 15.6. The summed E-state index contributed by atoms with van der Waals surface area (Å²) >= 11 is 0. The van der Waals surface area contributed by atoms with Crippen molar-refractivity contribution in [1.29, 1.82) is 0 Å². The molecule has 0 aromatic carbocycles. The number of alkyl halides is 4. The second-order valence-corrected chi connectivity index (χ2v) is 3.15. The third kappa shape index (κ3) is 3.53. The zero-order chi connectivity index (χ0) is 12.3. The van der Waals surface area contributed by atoms with E-state index in [9.17, 15) is 22.4 Å². The van der Waals surface area contributed by atoms with Crippen molar-refractivity contribution in [2.24, 2.45) is 0 Å². The van der Waals surface area contributed by atoms with Gasteiger partial charge in [-0.3, -0.25) is 0 Å². The van der Waals surface area contributed by atoms with Gasteiger partial charge in [0.25, 0.3) is 0 Å². The Morgan fingerprint density at radius 3 is 2.07 bits per heavy atom. The molecule has 1 atom stereocenters. The molecule has 0 bridgehead atoms. The summed E-state index contributed by atoms with van der Waals surface area (Å²) in [6.45, 7) is 5.57. The average Bonchev–Trinajstić information content (AvgIpc) is 2.02. The van der Waals surface area contributed by atoms with Crippen LogP contribution in [0, 0.1) is 0 Å². The van der Waals surface area contributed by atoms with Crippen molar-refractivity contribution < 1.29 is 27.1 Å². The van der Waals surface area contributed by atoms with Crippen molar-refractivity contribution in [2.45, 2.75) is 38.7 Å². The molecule has 0 aromatic heterocycles. The van der Waals surface area contributed by atoms with E-state index in [-0.39, 0.29) is 12.0 Å². The number of rotatable bonds is 4. The first-order valence-electron chi connectivity index (χ1n) is 4.28. The summed E-state index contributed by atoms with van der Waals surface area (Å²) in [6.07, 6.45) is -6.25. The van der Waals surface area contributed by atoms with Crippen molar-refractivity contribution >= 4 is 5.97 Å². The lowest BCUT2D eigenvalue weighted by atomic mass is 10.1. The van der Waals surface area contributed by atoms with Crippen molar-refractivity contribution in [3.8, 4) is 0 Å². The number of carbonyl (C=O) groups is 1. The maximum Gasteiger partial charge on any atom is 0.460 e. The number of ether oxygens (including phenoxy) is 1. The maximum absolute atomic E-state index is 13.3. The summed E-state index contributed by atoms with van der Waals surface area (Å²) in [5, 5.41) is 0. The topological polar surface area (TPSA) is 26.3 Å². The molecule has 6 heteroatoms. The van der Waals surface area contributed by atoms with Gasteiger partial charge in [0, 0.05) is 12.0 Å². The molecule has 0 aromatic rings. The Hall–Kier alpha value is -1.07. The summed E-state index contributed by atoms with van der Waals surface area (Å²) in [6, 6.07) is 0. The molecule has 0 aliphatic carbocycles. The van der Waals surface area contributed by atoms with Crippen LogP contribution in [0.4, 0.5) is 17.6 Å². The lowest BCUT2D eigenvalue weighted by molar-refractivity contribution is -0.321. The highest BCUT2D eigenvalue weighted by molar-refractivity contribution is 5.87. The molecule has 88 valence electrons. The maximum atomic E-state index is 13.3. The van der Waals surface area contributed by atoms with Gasteiger partial charge in [0.15, 0.2) is 0 Å². The fourth-order valence-corrected chi connectivity index (χ4v) is 0.806. The van der Waals surface area contributed by atoms with E-state index in [2.05, 4.69) is 11.3 Å². The zero-order valence-electron chi connectivity index (χ0n) is 8.45. The van der Waals surface area contributed by atoms with Gasteiger partial charge in [-0.05, 0) is 13.3 Å². The molecule has 0 saturated carbocycles. The van der Waals surface area contributed by atoms with E-state index in [4.69, 9.17) is 0 Å². The van der Waals surface area contributed by atoms with E-state index in [1.165, 1.54) is 6.92 Å². The molecular weight excluding hydrogens is 216 g/mol. The van der Waals surface area contributed by atoms with Crippen LogP contribution in [0.2, 0.25) is 0 Å². The van der Waals surface area contributed by atoms with Gasteiger partial charge in [-0.25, -0.2) is 4.79 Å². The predicted octanol–water partition coefficient (Wildman–Crippen LogP) is 3.13. The molecule has 0 heterocycles. The smallest absolute Gasteiger partial charge is 0.416 e. The van der Waals surface area contributed by atoms with Gasteiger partial charge >= 0.3 is 18.0 Å². The first-order valence-corrected chi connectivity index (χ1v) is 4.28. The first-order chi connectivity index (χ1) is 6.64. The van der Waals surface area contributed by atoms with Crippen molar-refractivity contribution in [2.75, 3.05) is 0 Å². The van der Waals surface area contributed by atoms with E-state index >= 15 is 0 Å². The van der Waals surface area contributed by atoms with Gasteiger partial charge < -0.3 is 4.74 Å². The zero-order valence-corrected chi connectivity index (χ0v) is 8.45. The Labute approximate surface area is 84.9 Å². The monoisotopic (exact) mass is 228 g/mol. The average molecular weight is 228 g/mol. The predicted molar refractivity (Wildman–Crippen MR) is 45.7 cm³/mol. The SMILES string of the molecule is C=C(C)C(=O)OC(F)(CCC)C(F)(F)F. The summed E-state index contributed by atoms with van der Waals surface area (Å²) in [5.74, 6) is -5.30. The van der Waals surface area contributed by atoms with Gasteiger partial charge in [-0.2, -0.15) is 17.6 Å². The lowest BCUT2D eigenvalue weighted by Crippen LogP contribution is -2.45. The standard InChI is InChI=1S/C9H12F4O2/c1-4-5-8(10,9(11,12)13)15-7(14)6(2)3/h2,4-5H2,1,3H3. The largest absolute Gasteiger partial charge is 0.460 e. The fraction of sp³-hybridized carbons (Fsp3) is 0.667. The molecule has 0 fully saturated rings. The van der Waals surface area contributed by atoms with Crippen LogP contribution < -0.4 is 0 Å². The van der Waals surface area contributed by atoms with Gasteiger partial charge in [0.2, 0.25) is 0 Å². The van der Waals surface area contributed by atoms with Crippen molar-refractivity contribution in [1.82, 2.24) is 0 Å². The highest BCUT2D eigenvalue weighted by Gasteiger charge is 2.59. The third-order valence-electron chi connectivity index (χ3n) is 1.60. The number of esters is 1. The number of halogens is 4. The van der Waals surface area contributed by atoms with E-state index in [0.29, 0.717) is 0 Å². The highest BCUT2D eigenvalue weighted by atomic mass is 19.4. The molecule has 15 heavy (non-hydrogen) atoms. The molecular formula is C9H12F4O2. The lowest BCUT2D eigenvalue weighted by Gasteiger charge is -2.27. The molecule has 0 spiro atoms. The van der Waals surface area contributed by atoms with E-state index in [0.717, 1.165) is 6.92 Å². The van der Waals surface area contributed by atoms with Gasteiger partial charge in [-0.15, -0.1) is 0 Å². The molecule has 1 unspecified atom stereocenters. The molecule has 0 aliphatic heterocycles. The Morgan fingerprint density at radius 2 is 1.80 bits per heavy atom. The minimum atomic E-state index is -5.23.